The molecule has 33 heteroatoms. The largest absolute Gasteiger partial charge is 0.508 e. The van der Waals surface area contributed by atoms with Crippen LogP contribution in [-0.4, -0.2) is 294 Å². The Labute approximate surface area is 516 Å². The Morgan fingerprint density at radius 2 is 1.07 bits per heavy atom. The van der Waals surface area contributed by atoms with Crippen LogP contribution in [0.25, 0.3) is 12.2 Å². The summed E-state index contributed by atoms with van der Waals surface area (Å²) in [6, 6.07) is 16.4. The molecule has 0 aromatic heterocycles. The standard InChI is InChI=1S/C58H72O33/c1-25(63)79-23-36-41(70)49(86-54-45(74)43(72)39(68)32(19-59)81-54)47(76)56(84-36)87-50-48(85-38(67)17-12-27-10-15-30(65)31(18-27)78-2)35(22-62)83-57(89-55-46(75)44(73)40(69)33(20-60)82-55)51(50)91-58(24-80-37(66)16-11-26-8-13-29(64)14-9-26)52(42(71)34(21-61)90-58)88-53(77)28-6-4-3-5-7-28/h3-18,32-36,39-52,54-57,59-62,64-65,68-76H,19-24H2,1-2H3. The molecule has 8 rings (SSSR count). The Hall–Kier alpha value is -6.46. The van der Waals surface area contributed by atoms with Gasteiger partial charge in [0, 0.05) is 19.1 Å². The quantitative estimate of drug-likeness (QED) is 0.0226. The average molecular weight is 1300 g/mol. The highest BCUT2D eigenvalue weighted by Gasteiger charge is 2.65. The van der Waals surface area contributed by atoms with Gasteiger partial charge < -0.3 is 143 Å². The third-order valence-electron chi connectivity index (χ3n) is 15.2. The average Bonchev–Trinajstić information content (AvgIpc) is 1.76. The molecular formula is C58H72O33. The summed E-state index contributed by atoms with van der Waals surface area (Å²) in [6.07, 6.45) is -45.4. The Morgan fingerprint density at radius 1 is 0.516 bits per heavy atom. The van der Waals surface area contributed by atoms with Gasteiger partial charge >= 0.3 is 23.9 Å². The van der Waals surface area contributed by atoms with E-state index in [1.165, 1.54) is 86.0 Å². The lowest BCUT2D eigenvalue weighted by Gasteiger charge is -2.51. The van der Waals surface area contributed by atoms with Crippen LogP contribution >= 0.6 is 0 Å². The van der Waals surface area contributed by atoms with Gasteiger partial charge in [-0.1, -0.05) is 36.4 Å². The van der Waals surface area contributed by atoms with Gasteiger partial charge in [0.05, 0.1) is 39.1 Å². The monoisotopic (exact) mass is 1300 g/mol. The van der Waals surface area contributed by atoms with Crippen molar-refractivity contribution in [3.63, 3.8) is 0 Å². The zero-order chi connectivity index (χ0) is 66.0. The molecule has 3 aromatic rings. The predicted molar refractivity (Wildman–Crippen MR) is 294 cm³/mol. The van der Waals surface area contributed by atoms with Gasteiger partial charge in [0.2, 0.25) is 5.79 Å². The fourth-order valence-electron chi connectivity index (χ4n) is 10.4. The Kier molecular flexibility index (Phi) is 24.3. The van der Waals surface area contributed by atoms with Crippen LogP contribution < -0.4 is 4.74 Å². The highest BCUT2D eigenvalue weighted by Crippen LogP contribution is 2.43. The lowest BCUT2D eigenvalue weighted by Crippen LogP contribution is -2.69. The van der Waals surface area contributed by atoms with Gasteiger partial charge in [-0.15, -0.1) is 0 Å². The van der Waals surface area contributed by atoms with Gasteiger partial charge in [-0.2, -0.15) is 0 Å². The van der Waals surface area contributed by atoms with Gasteiger partial charge in [0.15, 0.2) is 48.9 Å². The number of phenols is 2. The molecule has 33 nitrogen and oxygen atoms in total. The van der Waals surface area contributed by atoms with Crippen LogP contribution in [0.15, 0.2) is 84.9 Å². The van der Waals surface area contributed by atoms with Gasteiger partial charge in [-0.3, -0.25) is 4.79 Å². The van der Waals surface area contributed by atoms with E-state index in [4.69, 9.17) is 66.3 Å². The number of aromatic hydroxyl groups is 2. The minimum Gasteiger partial charge on any atom is -0.508 e. The third-order valence-corrected chi connectivity index (χ3v) is 15.2. The van der Waals surface area contributed by atoms with E-state index in [0.717, 1.165) is 19.1 Å². The number of hydrogen-bond acceptors (Lipinski definition) is 33. The van der Waals surface area contributed by atoms with Crippen molar-refractivity contribution in [3.8, 4) is 17.2 Å². The van der Waals surface area contributed by atoms with E-state index < -0.39 is 210 Å². The van der Waals surface area contributed by atoms with E-state index in [9.17, 15) is 95.8 Å². The molecule has 0 radical (unpaired) electrons. The number of benzene rings is 3. The van der Waals surface area contributed by atoms with Crippen molar-refractivity contribution in [2.24, 2.45) is 0 Å². The summed E-state index contributed by atoms with van der Waals surface area (Å²) in [5, 5.41) is 164. The normalized spacial score (nSPS) is 36.8. The first-order valence-corrected chi connectivity index (χ1v) is 28.2. The second-order valence-electron chi connectivity index (χ2n) is 21.4. The third kappa shape index (κ3) is 16.5. The van der Waals surface area contributed by atoms with E-state index in [-0.39, 0.29) is 28.4 Å². The summed E-state index contributed by atoms with van der Waals surface area (Å²) in [6.45, 7) is -5.63. The molecule has 0 saturated carbocycles. The molecule has 502 valence electrons. The van der Waals surface area contributed by atoms with Crippen molar-refractivity contribution in [1.82, 2.24) is 0 Å². The van der Waals surface area contributed by atoms with Crippen LogP contribution in [0.2, 0.25) is 0 Å². The molecule has 5 heterocycles. The fourth-order valence-corrected chi connectivity index (χ4v) is 10.4. The van der Waals surface area contributed by atoms with Crippen LogP contribution in [0, 0.1) is 0 Å². The summed E-state index contributed by atoms with van der Waals surface area (Å²) in [4.78, 5) is 54.6. The number of methoxy groups -OCH3 is 1. The van der Waals surface area contributed by atoms with Gasteiger partial charge in [-0.25, -0.2) is 14.4 Å². The van der Waals surface area contributed by atoms with Crippen molar-refractivity contribution < 1.29 is 162 Å². The zero-order valence-electron chi connectivity index (χ0n) is 48.3. The summed E-state index contributed by atoms with van der Waals surface area (Å²) in [5.74, 6) is -8.22. The van der Waals surface area contributed by atoms with Gasteiger partial charge in [-0.05, 0) is 59.7 Å². The second-order valence-corrected chi connectivity index (χ2v) is 21.4. The number of ether oxygens (including phenoxy) is 14. The van der Waals surface area contributed by atoms with Crippen LogP contribution in [0.5, 0.6) is 17.2 Å². The van der Waals surface area contributed by atoms with Crippen molar-refractivity contribution in [1.29, 1.82) is 0 Å². The molecule has 5 saturated heterocycles. The maximum atomic E-state index is 14.3. The van der Waals surface area contributed by atoms with E-state index >= 15 is 0 Å². The number of phenolic OH excluding ortho intramolecular Hbond substituents is 2. The fraction of sp³-hybridized carbons (Fsp3) is 0.552. The van der Waals surface area contributed by atoms with Gasteiger partial charge in [0.25, 0.3) is 0 Å². The molecule has 24 unspecified atom stereocenters. The topological polar surface area (TPSA) is 501 Å². The van der Waals surface area contributed by atoms with E-state index in [1.807, 2.05) is 0 Å². The zero-order valence-corrected chi connectivity index (χ0v) is 48.3. The molecule has 5 aliphatic rings. The molecule has 91 heavy (non-hydrogen) atoms. The highest BCUT2D eigenvalue weighted by atomic mass is 16.8. The van der Waals surface area contributed by atoms with Crippen LogP contribution in [0.3, 0.4) is 0 Å². The van der Waals surface area contributed by atoms with Gasteiger partial charge in [0.1, 0.15) is 123 Å². The number of esters is 4. The minimum absolute atomic E-state index is 0.0316. The van der Waals surface area contributed by atoms with Crippen LogP contribution in [0.1, 0.15) is 28.4 Å². The molecule has 5 fully saturated rings. The first-order valence-electron chi connectivity index (χ1n) is 28.2. The molecule has 0 aliphatic carbocycles. The molecule has 5 aliphatic heterocycles. The highest BCUT2D eigenvalue weighted by molar-refractivity contribution is 5.90. The first-order chi connectivity index (χ1) is 43.4. The maximum Gasteiger partial charge on any atom is 0.338 e. The maximum absolute atomic E-state index is 14.3. The molecule has 24 atom stereocenters. The molecule has 0 bridgehead atoms. The number of carbonyl (C=O) groups is 4. The lowest BCUT2D eigenvalue weighted by atomic mass is 9.95. The Morgan fingerprint density at radius 3 is 1.67 bits per heavy atom. The number of carbonyl (C=O) groups excluding carboxylic acids is 4. The summed E-state index contributed by atoms with van der Waals surface area (Å²) in [7, 11) is 1.25. The van der Waals surface area contributed by atoms with Crippen LogP contribution in [0.4, 0.5) is 0 Å². The van der Waals surface area contributed by atoms with E-state index in [0.29, 0.717) is 5.56 Å². The lowest BCUT2D eigenvalue weighted by molar-refractivity contribution is -0.422. The predicted octanol–water partition coefficient (Wildman–Crippen LogP) is -5.54. The number of aliphatic hydroxyl groups excluding tert-OH is 13. The molecule has 3 aromatic carbocycles. The molecular weight excluding hydrogens is 1220 g/mol. The van der Waals surface area contributed by atoms with E-state index in [2.05, 4.69) is 0 Å². The van der Waals surface area contributed by atoms with Crippen molar-refractivity contribution >= 4 is 36.0 Å². The van der Waals surface area contributed by atoms with E-state index in [1.54, 1.807) is 6.07 Å². The Balaban J connectivity index is 1.30. The number of hydrogen-bond donors (Lipinski definition) is 15. The summed E-state index contributed by atoms with van der Waals surface area (Å²) >= 11 is 0. The summed E-state index contributed by atoms with van der Waals surface area (Å²) in [5.41, 5.74) is 0.402. The molecule has 0 amide bonds. The molecule has 0 spiro atoms. The Bertz CT molecular complexity index is 2930. The smallest absolute Gasteiger partial charge is 0.338 e. The first kappa shape index (κ1) is 70.4. The van der Waals surface area contributed by atoms with Crippen LogP contribution in [-0.2, 0) is 76.0 Å². The van der Waals surface area contributed by atoms with Crippen molar-refractivity contribution in [3.05, 3.63) is 102 Å². The molecule has 15 N–H and O–H groups in total. The number of aliphatic hydroxyl groups is 13. The number of rotatable bonds is 24. The SMILES string of the molecule is COc1cc(C=CC(=O)OC2C(CO)OC(OC3OC(CO)C(O)C(O)C3O)C(OC3(COC(=O)C=Cc4ccc(O)cc4)OC(CO)C(O)C3OC(=O)c3ccccc3)C2OC2OC(COC(C)=O)C(O)C(OC3OC(CO)C(O)C(O)C3O)C2O)ccc1O. The minimum atomic E-state index is -3.06. The van der Waals surface area contributed by atoms with Crippen molar-refractivity contribution in [2.75, 3.05) is 46.8 Å². The van der Waals surface area contributed by atoms with Crippen molar-refractivity contribution in [2.45, 2.75) is 154 Å². The summed E-state index contributed by atoms with van der Waals surface area (Å²) < 4.78 is 83.0. The second kappa shape index (κ2) is 31.4.